The molecule has 0 saturated heterocycles. The van der Waals surface area contributed by atoms with E-state index in [0.29, 0.717) is 19.3 Å². The summed E-state index contributed by atoms with van der Waals surface area (Å²) in [6.07, 6.45) is 60.0. The van der Waals surface area contributed by atoms with Crippen LogP contribution in [0.4, 0.5) is 0 Å². The molecule has 6 nitrogen and oxygen atoms in total. The van der Waals surface area contributed by atoms with Gasteiger partial charge in [-0.15, -0.1) is 0 Å². The molecule has 3 N–H and O–H groups in total. The van der Waals surface area contributed by atoms with Crippen molar-refractivity contribution in [2.75, 3.05) is 6.61 Å². The van der Waals surface area contributed by atoms with Crippen molar-refractivity contribution in [3.8, 4) is 0 Å². The molecule has 0 aliphatic carbocycles. The van der Waals surface area contributed by atoms with E-state index < -0.39 is 18.2 Å². The lowest BCUT2D eigenvalue weighted by Crippen LogP contribution is -2.46. The number of unbranched alkanes of at least 4 members (excludes halogenated alkanes) is 39. The highest BCUT2D eigenvalue weighted by Crippen LogP contribution is 2.19. The lowest BCUT2D eigenvalue weighted by molar-refractivity contribution is -0.151. The predicted molar refractivity (Wildman–Crippen MR) is 278 cm³/mol. The number of allylic oxidation sites excluding steroid dienone is 2. The Labute approximate surface area is 399 Å². The van der Waals surface area contributed by atoms with Crippen molar-refractivity contribution in [1.29, 1.82) is 0 Å². The van der Waals surface area contributed by atoms with Crippen LogP contribution < -0.4 is 5.32 Å². The van der Waals surface area contributed by atoms with Gasteiger partial charge in [0.05, 0.1) is 25.2 Å². The molecular formula is C58H113NO5. The summed E-state index contributed by atoms with van der Waals surface area (Å²) in [5.41, 5.74) is 0. The summed E-state index contributed by atoms with van der Waals surface area (Å²) in [7, 11) is 0. The number of ether oxygens (including phenoxy) is 1. The van der Waals surface area contributed by atoms with E-state index in [1.54, 1.807) is 0 Å². The van der Waals surface area contributed by atoms with Gasteiger partial charge in [-0.2, -0.15) is 0 Å². The van der Waals surface area contributed by atoms with Crippen LogP contribution >= 0.6 is 0 Å². The summed E-state index contributed by atoms with van der Waals surface area (Å²) >= 11 is 0. The van der Waals surface area contributed by atoms with E-state index >= 15 is 0 Å². The summed E-state index contributed by atoms with van der Waals surface area (Å²) in [5.74, 6) is -0.467. The molecule has 6 heteroatoms. The van der Waals surface area contributed by atoms with Crippen LogP contribution in [0.1, 0.15) is 323 Å². The Morgan fingerprint density at radius 3 is 1.12 bits per heavy atom. The number of hydrogen-bond acceptors (Lipinski definition) is 5. The highest BCUT2D eigenvalue weighted by molar-refractivity contribution is 5.77. The Balaban J connectivity index is 4.48. The van der Waals surface area contributed by atoms with Gasteiger partial charge in [-0.3, -0.25) is 9.59 Å². The molecule has 0 aliphatic heterocycles. The zero-order valence-corrected chi connectivity index (χ0v) is 43.4. The zero-order chi connectivity index (χ0) is 46.7. The van der Waals surface area contributed by atoms with E-state index in [2.05, 4.69) is 38.2 Å². The van der Waals surface area contributed by atoms with Crippen LogP contribution in [0.25, 0.3) is 0 Å². The standard InChI is InChI=1S/C58H113NO5/c1-4-7-10-13-16-19-22-25-27-28-29-30-31-33-36-39-42-45-48-51-58(63)64-54(49-46-43-40-37-34-32-26-23-20-17-14-11-8-5-2)52-57(62)59-55(53-60)56(61)50-47-44-41-38-35-24-21-18-15-12-9-6-3/h32,34,54-56,60-61H,4-31,33,35-53H2,1-3H3,(H,59,62)/b34-32+. The largest absolute Gasteiger partial charge is 0.462 e. The smallest absolute Gasteiger partial charge is 0.306 e. The van der Waals surface area contributed by atoms with Gasteiger partial charge in [0.15, 0.2) is 0 Å². The van der Waals surface area contributed by atoms with E-state index in [4.69, 9.17) is 4.74 Å². The van der Waals surface area contributed by atoms with Crippen molar-refractivity contribution < 1.29 is 24.5 Å². The van der Waals surface area contributed by atoms with Crippen molar-refractivity contribution in [2.24, 2.45) is 0 Å². The first kappa shape index (κ1) is 62.6. The Morgan fingerprint density at radius 1 is 0.438 bits per heavy atom. The monoisotopic (exact) mass is 904 g/mol. The summed E-state index contributed by atoms with van der Waals surface area (Å²) in [6.45, 7) is 6.51. The van der Waals surface area contributed by atoms with Gasteiger partial charge in [0, 0.05) is 6.42 Å². The summed E-state index contributed by atoms with van der Waals surface area (Å²) < 4.78 is 5.96. The van der Waals surface area contributed by atoms with E-state index in [1.807, 2.05) is 0 Å². The first-order chi connectivity index (χ1) is 31.5. The van der Waals surface area contributed by atoms with Crippen LogP contribution in [0.15, 0.2) is 12.2 Å². The third-order valence-electron chi connectivity index (χ3n) is 13.6. The van der Waals surface area contributed by atoms with Crippen LogP contribution in [0.5, 0.6) is 0 Å². The molecule has 0 rings (SSSR count). The van der Waals surface area contributed by atoms with Crippen molar-refractivity contribution in [2.45, 2.75) is 341 Å². The molecular weight excluding hydrogens is 791 g/mol. The van der Waals surface area contributed by atoms with Crippen LogP contribution in [0.2, 0.25) is 0 Å². The van der Waals surface area contributed by atoms with Gasteiger partial charge in [0.1, 0.15) is 6.10 Å². The molecule has 64 heavy (non-hydrogen) atoms. The van der Waals surface area contributed by atoms with E-state index in [1.165, 1.54) is 218 Å². The maximum Gasteiger partial charge on any atom is 0.306 e. The van der Waals surface area contributed by atoms with Crippen LogP contribution in [-0.4, -0.2) is 46.9 Å². The molecule has 0 spiro atoms. The normalized spacial score (nSPS) is 13.1. The highest BCUT2D eigenvalue weighted by atomic mass is 16.5. The molecule has 0 bridgehead atoms. The highest BCUT2D eigenvalue weighted by Gasteiger charge is 2.24. The van der Waals surface area contributed by atoms with Crippen LogP contribution in [0.3, 0.4) is 0 Å². The number of aliphatic hydroxyl groups is 2. The fourth-order valence-electron chi connectivity index (χ4n) is 9.19. The maximum absolute atomic E-state index is 13.2. The molecule has 0 saturated carbocycles. The zero-order valence-electron chi connectivity index (χ0n) is 43.4. The average Bonchev–Trinajstić information content (AvgIpc) is 3.29. The topological polar surface area (TPSA) is 95.9 Å². The molecule has 0 fully saturated rings. The first-order valence-corrected chi connectivity index (χ1v) is 28.9. The van der Waals surface area contributed by atoms with E-state index in [0.717, 1.165) is 57.8 Å². The van der Waals surface area contributed by atoms with Crippen molar-refractivity contribution in [1.82, 2.24) is 5.32 Å². The molecule has 0 aromatic rings. The van der Waals surface area contributed by atoms with E-state index in [-0.39, 0.29) is 24.9 Å². The first-order valence-electron chi connectivity index (χ1n) is 28.9. The Kier molecular flexibility index (Phi) is 51.4. The number of rotatable bonds is 53. The van der Waals surface area contributed by atoms with Gasteiger partial charge in [0.2, 0.25) is 5.91 Å². The minimum Gasteiger partial charge on any atom is -0.462 e. The second-order valence-corrected chi connectivity index (χ2v) is 20.1. The van der Waals surface area contributed by atoms with Crippen LogP contribution in [-0.2, 0) is 14.3 Å². The number of esters is 1. The third kappa shape index (κ3) is 47.1. The van der Waals surface area contributed by atoms with Gasteiger partial charge < -0.3 is 20.3 Å². The number of aliphatic hydroxyl groups excluding tert-OH is 2. The lowest BCUT2D eigenvalue weighted by Gasteiger charge is -2.24. The number of amides is 1. The third-order valence-corrected chi connectivity index (χ3v) is 13.6. The number of nitrogens with one attached hydrogen (secondary N) is 1. The van der Waals surface area contributed by atoms with Crippen molar-refractivity contribution >= 4 is 11.9 Å². The minimum absolute atomic E-state index is 0.0745. The van der Waals surface area contributed by atoms with Gasteiger partial charge in [-0.05, 0) is 51.4 Å². The molecule has 0 aliphatic rings. The second kappa shape index (κ2) is 52.6. The van der Waals surface area contributed by atoms with Crippen molar-refractivity contribution in [3.63, 3.8) is 0 Å². The average molecular weight is 905 g/mol. The number of carbonyl (C=O) groups excluding carboxylic acids is 2. The Hall–Kier alpha value is -1.40. The second-order valence-electron chi connectivity index (χ2n) is 20.1. The van der Waals surface area contributed by atoms with Gasteiger partial charge >= 0.3 is 5.97 Å². The number of hydrogen-bond donors (Lipinski definition) is 3. The molecule has 0 radical (unpaired) electrons. The lowest BCUT2D eigenvalue weighted by atomic mass is 10.0. The molecule has 0 aromatic heterocycles. The molecule has 3 atom stereocenters. The van der Waals surface area contributed by atoms with Crippen LogP contribution in [0, 0.1) is 0 Å². The summed E-state index contributed by atoms with van der Waals surface area (Å²) in [5, 5.41) is 23.8. The molecule has 0 aromatic carbocycles. The molecule has 1 amide bonds. The van der Waals surface area contributed by atoms with Crippen molar-refractivity contribution in [3.05, 3.63) is 12.2 Å². The molecule has 0 heterocycles. The maximum atomic E-state index is 13.2. The molecule has 3 unspecified atom stereocenters. The Morgan fingerprint density at radius 2 is 0.750 bits per heavy atom. The van der Waals surface area contributed by atoms with Gasteiger partial charge in [-0.25, -0.2) is 0 Å². The fourth-order valence-corrected chi connectivity index (χ4v) is 9.19. The molecule has 380 valence electrons. The fraction of sp³-hybridized carbons (Fsp3) is 0.931. The SMILES string of the molecule is CCCCCCCCC/C=C/CCCCCC(CC(=O)NC(CO)C(O)CCCCCCCCCCCCCC)OC(=O)CCCCCCCCCCCCCCCCCCCCC. The summed E-state index contributed by atoms with van der Waals surface area (Å²) in [4.78, 5) is 26.2. The van der Waals surface area contributed by atoms with Gasteiger partial charge in [0.25, 0.3) is 0 Å². The summed E-state index contributed by atoms with van der Waals surface area (Å²) in [6, 6.07) is -0.700. The quantitative estimate of drug-likeness (QED) is 0.0321. The van der Waals surface area contributed by atoms with Gasteiger partial charge in [-0.1, -0.05) is 270 Å². The number of carbonyl (C=O) groups is 2. The predicted octanol–water partition coefficient (Wildman–Crippen LogP) is 17.7. The minimum atomic E-state index is -0.786. The Bertz CT molecular complexity index is 970. The van der Waals surface area contributed by atoms with E-state index in [9.17, 15) is 19.8 Å².